The number of amides is 1. The van der Waals surface area contributed by atoms with Crippen molar-refractivity contribution in [1.82, 2.24) is 9.88 Å². The van der Waals surface area contributed by atoms with Crippen molar-refractivity contribution in [3.8, 4) is 10.4 Å². The molecule has 132 valence electrons. The number of thiazole rings is 1. The van der Waals surface area contributed by atoms with Gasteiger partial charge in [0.2, 0.25) is 0 Å². The molecule has 5 heteroatoms. The van der Waals surface area contributed by atoms with Gasteiger partial charge in [0.1, 0.15) is 5.69 Å². The van der Waals surface area contributed by atoms with Crippen molar-refractivity contribution in [3.63, 3.8) is 0 Å². The van der Waals surface area contributed by atoms with Crippen LogP contribution in [0.5, 0.6) is 0 Å². The van der Waals surface area contributed by atoms with Crippen LogP contribution in [0.1, 0.15) is 40.3 Å². The van der Waals surface area contributed by atoms with Crippen molar-refractivity contribution >= 4 is 17.2 Å². The molecule has 0 spiro atoms. The fraction of sp³-hybridized carbons (Fsp3) is 0.500. The van der Waals surface area contributed by atoms with E-state index in [-0.39, 0.29) is 11.9 Å². The summed E-state index contributed by atoms with van der Waals surface area (Å²) in [4.78, 5) is 20.9. The van der Waals surface area contributed by atoms with E-state index >= 15 is 0 Å². The summed E-state index contributed by atoms with van der Waals surface area (Å²) in [6.45, 7) is 5.44. The van der Waals surface area contributed by atoms with Crippen LogP contribution in [0, 0.1) is 25.7 Å². The zero-order valence-corrected chi connectivity index (χ0v) is 15.7. The largest absolute Gasteiger partial charge is 0.332 e. The lowest BCUT2D eigenvalue weighted by molar-refractivity contribution is 0.0714. The number of carbonyl (C=O) groups excluding carboxylic acids is 1. The van der Waals surface area contributed by atoms with Gasteiger partial charge in [0, 0.05) is 19.1 Å². The molecule has 1 aromatic heterocycles. The molecule has 2 heterocycles. The van der Waals surface area contributed by atoms with E-state index < -0.39 is 0 Å². The number of hydrogen-bond donors (Lipinski definition) is 1. The number of carbonyl (C=O) groups is 1. The van der Waals surface area contributed by atoms with Crippen LogP contribution in [-0.4, -0.2) is 34.9 Å². The highest BCUT2D eigenvalue weighted by Crippen LogP contribution is 2.43. The first-order chi connectivity index (χ1) is 12.1. The zero-order valence-electron chi connectivity index (χ0n) is 14.9. The number of likely N-dealkylation sites (tertiary alicyclic amines) is 1. The molecule has 2 N–H and O–H groups in total. The van der Waals surface area contributed by atoms with E-state index in [2.05, 4.69) is 36.2 Å². The van der Waals surface area contributed by atoms with Gasteiger partial charge in [-0.1, -0.05) is 36.2 Å². The van der Waals surface area contributed by atoms with Gasteiger partial charge in [-0.25, -0.2) is 4.98 Å². The minimum atomic E-state index is 0.0600. The molecule has 2 fully saturated rings. The zero-order chi connectivity index (χ0) is 17.6. The highest BCUT2D eigenvalue weighted by atomic mass is 32.1. The molecule has 0 bridgehead atoms. The summed E-state index contributed by atoms with van der Waals surface area (Å²) in [5, 5.41) is 0.933. The number of nitrogens with two attached hydrogens (primary N) is 1. The van der Waals surface area contributed by atoms with Gasteiger partial charge in [-0.05, 0) is 44.1 Å². The number of rotatable bonds is 3. The monoisotopic (exact) mass is 355 g/mol. The third-order valence-corrected chi connectivity index (χ3v) is 6.82. The summed E-state index contributed by atoms with van der Waals surface area (Å²) in [5.41, 5.74) is 8.95. The maximum Gasteiger partial charge on any atom is 0.274 e. The van der Waals surface area contributed by atoms with E-state index in [0.29, 0.717) is 24.1 Å². The molecule has 2 aliphatic rings. The van der Waals surface area contributed by atoms with Gasteiger partial charge in [0.15, 0.2) is 0 Å². The molecule has 25 heavy (non-hydrogen) atoms. The van der Waals surface area contributed by atoms with Crippen LogP contribution in [0.25, 0.3) is 10.4 Å². The highest BCUT2D eigenvalue weighted by molar-refractivity contribution is 7.15. The standard InChI is InChI=1S/C20H25N3OS/c1-12-6-8-14(9-7-12)19-18(22-13(2)25-19)20(24)23-11-15-4-3-5-16(15)17(23)10-21/h6-9,15-17H,3-5,10-11,21H2,1-2H3/t15-,16-,17+/m0/s1. The minimum Gasteiger partial charge on any atom is -0.332 e. The Hall–Kier alpha value is -1.72. The molecule has 1 saturated carbocycles. The molecule has 1 aliphatic heterocycles. The van der Waals surface area contributed by atoms with Gasteiger partial charge < -0.3 is 10.6 Å². The van der Waals surface area contributed by atoms with Crippen molar-refractivity contribution in [1.29, 1.82) is 0 Å². The maximum absolute atomic E-state index is 13.3. The Morgan fingerprint density at radius 3 is 2.76 bits per heavy atom. The highest BCUT2D eigenvalue weighted by Gasteiger charge is 2.46. The van der Waals surface area contributed by atoms with Crippen LogP contribution in [-0.2, 0) is 0 Å². The molecule has 3 atom stereocenters. The number of benzene rings is 1. The predicted molar refractivity (Wildman–Crippen MR) is 102 cm³/mol. The quantitative estimate of drug-likeness (QED) is 0.915. The van der Waals surface area contributed by atoms with Crippen LogP contribution in [0.15, 0.2) is 24.3 Å². The van der Waals surface area contributed by atoms with Crippen LogP contribution >= 0.6 is 11.3 Å². The molecule has 2 aromatic rings. The Morgan fingerprint density at radius 1 is 1.28 bits per heavy atom. The fourth-order valence-corrected chi connectivity index (χ4v) is 5.48. The van der Waals surface area contributed by atoms with Crippen molar-refractivity contribution in [3.05, 3.63) is 40.5 Å². The van der Waals surface area contributed by atoms with Gasteiger partial charge in [-0.15, -0.1) is 11.3 Å². The normalized spacial score (nSPS) is 25.4. The molecular weight excluding hydrogens is 330 g/mol. The summed E-state index contributed by atoms with van der Waals surface area (Å²) >= 11 is 1.60. The van der Waals surface area contributed by atoms with Crippen LogP contribution in [0.2, 0.25) is 0 Å². The van der Waals surface area contributed by atoms with Crippen molar-refractivity contribution in [2.24, 2.45) is 17.6 Å². The second-order valence-corrected chi connectivity index (χ2v) is 8.60. The van der Waals surface area contributed by atoms with Crippen LogP contribution < -0.4 is 5.73 Å². The Morgan fingerprint density at radius 2 is 2.04 bits per heavy atom. The van der Waals surface area contributed by atoms with E-state index in [4.69, 9.17) is 5.73 Å². The lowest BCUT2D eigenvalue weighted by Crippen LogP contribution is -2.43. The van der Waals surface area contributed by atoms with Crippen LogP contribution in [0.4, 0.5) is 0 Å². The number of nitrogens with zero attached hydrogens (tertiary/aromatic N) is 2. The van der Waals surface area contributed by atoms with Gasteiger partial charge in [0.05, 0.1) is 9.88 Å². The Balaban J connectivity index is 1.68. The maximum atomic E-state index is 13.3. The number of aromatic nitrogens is 1. The lowest BCUT2D eigenvalue weighted by atomic mass is 9.94. The molecule has 1 aliphatic carbocycles. The molecule has 0 unspecified atom stereocenters. The van der Waals surface area contributed by atoms with E-state index in [1.54, 1.807) is 11.3 Å². The van der Waals surface area contributed by atoms with Crippen LogP contribution in [0.3, 0.4) is 0 Å². The molecule has 1 aromatic carbocycles. The van der Waals surface area contributed by atoms with Gasteiger partial charge in [-0.2, -0.15) is 0 Å². The number of hydrogen-bond acceptors (Lipinski definition) is 4. The first kappa shape index (κ1) is 16.7. The van der Waals surface area contributed by atoms with E-state index in [1.807, 2.05) is 11.8 Å². The summed E-state index contributed by atoms with van der Waals surface area (Å²) in [6, 6.07) is 8.51. The average molecular weight is 356 g/mol. The Bertz CT molecular complexity index is 783. The Kier molecular flexibility index (Phi) is 4.38. The van der Waals surface area contributed by atoms with E-state index in [0.717, 1.165) is 22.0 Å². The summed E-state index contributed by atoms with van der Waals surface area (Å²) in [6.07, 6.45) is 3.71. The van der Waals surface area contributed by atoms with Crippen molar-refractivity contribution in [2.45, 2.75) is 39.2 Å². The van der Waals surface area contributed by atoms with Gasteiger partial charge >= 0.3 is 0 Å². The molecular formula is C20H25N3OS. The summed E-state index contributed by atoms with van der Waals surface area (Å²) < 4.78 is 0. The SMILES string of the molecule is Cc1ccc(-c2sc(C)nc2C(=O)N2C[C@@H]3CCC[C@@H]3[C@H]2CN)cc1. The second kappa shape index (κ2) is 6.54. The Labute approximate surface area is 153 Å². The summed E-state index contributed by atoms with van der Waals surface area (Å²) in [7, 11) is 0. The average Bonchev–Trinajstić information content (AvgIpc) is 3.28. The van der Waals surface area contributed by atoms with Crippen molar-refractivity contribution < 1.29 is 4.79 Å². The van der Waals surface area contributed by atoms with Gasteiger partial charge in [0.25, 0.3) is 5.91 Å². The number of fused-ring (bicyclic) bond motifs is 1. The fourth-order valence-electron chi connectivity index (χ4n) is 4.56. The molecule has 1 saturated heterocycles. The molecule has 4 nitrogen and oxygen atoms in total. The van der Waals surface area contributed by atoms with E-state index in [9.17, 15) is 4.79 Å². The van der Waals surface area contributed by atoms with Crippen molar-refractivity contribution in [2.75, 3.05) is 13.1 Å². The number of aryl methyl sites for hydroxylation is 2. The molecule has 4 rings (SSSR count). The molecule has 1 amide bonds. The lowest BCUT2D eigenvalue weighted by Gasteiger charge is -2.26. The first-order valence-electron chi connectivity index (χ1n) is 9.14. The third kappa shape index (κ3) is 2.89. The predicted octanol–water partition coefficient (Wildman–Crippen LogP) is 3.63. The first-order valence-corrected chi connectivity index (χ1v) is 9.95. The van der Waals surface area contributed by atoms with Gasteiger partial charge in [-0.3, -0.25) is 4.79 Å². The summed E-state index contributed by atoms with van der Waals surface area (Å²) in [5.74, 6) is 1.27. The second-order valence-electron chi connectivity index (χ2n) is 7.39. The minimum absolute atomic E-state index is 0.0600. The third-order valence-electron chi connectivity index (χ3n) is 5.80. The van der Waals surface area contributed by atoms with E-state index in [1.165, 1.54) is 24.8 Å². The molecule has 0 radical (unpaired) electrons. The topological polar surface area (TPSA) is 59.2 Å². The smallest absolute Gasteiger partial charge is 0.274 e.